The van der Waals surface area contributed by atoms with E-state index in [4.69, 9.17) is 12.6 Å². The van der Waals surface area contributed by atoms with E-state index in [9.17, 15) is 0 Å². The zero-order valence-corrected chi connectivity index (χ0v) is 6.75. The molecule has 1 saturated carbocycles. The van der Waals surface area contributed by atoms with Gasteiger partial charge in [-0.25, -0.2) is 0 Å². The molecule has 0 spiro atoms. The van der Waals surface area contributed by atoms with E-state index in [2.05, 4.69) is 0 Å². The van der Waals surface area contributed by atoms with Crippen molar-refractivity contribution in [2.75, 3.05) is 5.75 Å². The summed E-state index contributed by atoms with van der Waals surface area (Å²) in [6, 6.07) is 0. The van der Waals surface area contributed by atoms with Crippen LogP contribution in [-0.4, -0.2) is 5.75 Å². The summed E-state index contributed by atoms with van der Waals surface area (Å²) in [5, 5.41) is 0. The van der Waals surface area contributed by atoms with Crippen LogP contribution in [0.1, 0.15) is 38.5 Å². The van der Waals surface area contributed by atoms with Crippen molar-refractivity contribution in [1.29, 1.82) is 0 Å². The fourth-order valence-corrected chi connectivity index (χ4v) is 1.86. The van der Waals surface area contributed by atoms with Crippen molar-refractivity contribution in [3.8, 4) is 0 Å². The van der Waals surface area contributed by atoms with Gasteiger partial charge in [0, 0.05) is 5.75 Å². The molecule has 9 heavy (non-hydrogen) atoms. The fourth-order valence-electron chi connectivity index (χ4n) is 1.53. The molecule has 1 rings (SSSR count). The van der Waals surface area contributed by atoms with Crippen molar-refractivity contribution in [1.82, 2.24) is 0 Å². The predicted octanol–water partition coefficient (Wildman–Crippen LogP) is 3.15. The highest BCUT2D eigenvalue weighted by molar-refractivity contribution is 7.80. The highest BCUT2D eigenvalue weighted by Gasteiger charge is 2.09. The van der Waals surface area contributed by atoms with Crippen molar-refractivity contribution in [3.05, 3.63) is 0 Å². The minimum atomic E-state index is 0.891. The summed E-state index contributed by atoms with van der Waals surface area (Å²) in [4.78, 5) is 0. The third-order valence-electron chi connectivity index (χ3n) is 2.21. The summed E-state index contributed by atoms with van der Waals surface area (Å²) in [7, 11) is 0. The van der Waals surface area contributed by atoms with E-state index in [0.29, 0.717) is 0 Å². The molecule has 0 aromatic heterocycles. The van der Waals surface area contributed by atoms with Gasteiger partial charge in [0.1, 0.15) is 0 Å². The Balaban J connectivity index is 2.18. The van der Waals surface area contributed by atoms with Gasteiger partial charge in [0.05, 0.1) is 0 Å². The van der Waals surface area contributed by atoms with Crippen LogP contribution >= 0.6 is 12.6 Å². The molecule has 0 heterocycles. The van der Waals surface area contributed by atoms with Gasteiger partial charge in [-0.1, -0.05) is 38.3 Å². The molecule has 0 aromatic carbocycles. The number of hydrogen-bond donors (Lipinski definition) is 0. The number of rotatable bonds is 1. The van der Waals surface area contributed by atoms with Gasteiger partial charge < -0.3 is 0 Å². The molecule has 0 nitrogen and oxygen atoms in total. The Kier molecular flexibility index (Phi) is 3.49. The molecule has 1 radical (unpaired) electrons. The van der Waals surface area contributed by atoms with Gasteiger partial charge in [0.25, 0.3) is 0 Å². The summed E-state index contributed by atoms with van der Waals surface area (Å²) >= 11 is 5.03. The quantitative estimate of drug-likeness (QED) is 0.495. The molecule has 1 aliphatic carbocycles. The normalized spacial score (nSPS) is 23.7. The Labute approximate surface area is 63.4 Å². The topological polar surface area (TPSA) is 0 Å². The van der Waals surface area contributed by atoms with Gasteiger partial charge in [-0.2, -0.15) is 0 Å². The van der Waals surface area contributed by atoms with Crippen molar-refractivity contribution < 1.29 is 0 Å². The second kappa shape index (κ2) is 4.21. The van der Waals surface area contributed by atoms with Crippen LogP contribution in [0.4, 0.5) is 0 Å². The van der Waals surface area contributed by atoms with Crippen LogP contribution in [0.3, 0.4) is 0 Å². The lowest BCUT2D eigenvalue weighted by atomic mass is 10.0. The van der Waals surface area contributed by atoms with E-state index >= 15 is 0 Å². The highest BCUT2D eigenvalue weighted by atomic mass is 32.1. The van der Waals surface area contributed by atoms with Gasteiger partial charge >= 0.3 is 0 Å². The van der Waals surface area contributed by atoms with E-state index in [0.717, 1.165) is 11.7 Å². The lowest BCUT2D eigenvalue weighted by molar-refractivity contribution is 0.514. The Morgan fingerprint density at radius 1 is 1.00 bits per heavy atom. The van der Waals surface area contributed by atoms with E-state index in [1.165, 1.54) is 38.5 Å². The smallest absolute Gasteiger partial charge is 0.00653 e. The highest BCUT2D eigenvalue weighted by Crippen LogP contribution is 2.23. The largest absolute Gasteiger partial charge is 0.0939 e. The molecule has 0 bridgehead atoms. The van der Waals surface area contributed by atoms with Gasteiger partial charge in [-0.05, 0) is 18.8 Å². The summed E-state index contributed by atoms with van der Waals surface area (Å²) in [6.07, 6.45) is 8.58. The molecule has 1 aliphatic rings. The number of hydrogen-bond acceptors (Lipinski definition) is 0. The van der Waals surface area contributed by atoms with E-state index < -0.39 is 0 Å². The summed E-state index contributed by atoms with van der Waals surface area (Å²) in [5.41, 5.74) is 0. The molecule has 0 amide bonds. The minimum absolute atomic E-state index is 0.891. The molecule has 0 aliphatic heterocycles. The Morgan fingerprint density at radius 3 is 2.00 bits per heavy atom. The molecule has 1 heteroatoms. The second-order valence-electron chi connectivity index (χ2n) is 3.02. The lowest BCUT2D eigenvalue weighted by Crippen LogP contribution is -1.98. The first kappa shape index (κ1) is 7.46. The van der Waals surface area contributed by atoms with Crippen LogP contribution in [-0.2, 0) is 0 Å². The first-order chi connectivity index (χ1) is 4.43. The van der Waals surface area contributed by atoms with E-state index in [1.54, 1.807) is 0 Å². The first-order valence-corrected chi connectivity index (χ1v) is 4.59. The van der Waals surface area contributed by atoms with Crippen molar-refractivity contribution >= 4 is 12.6 Å². The zero-order valence-electron chi connectivity index (χ0n) is 5.94. The lowest BCUT2D eigenvalue weighted by Gasteiger charge is -2.07. The molecule has 0 saturated heterocycles. The van der Waals surface area contributed by atoms with Crippen LogP contribution in [0.2, 0.25) is 0 Å². The van der Waals surface area contributed by atoms with Gasteiger partial charge in [0.15, 0.2) is 0 Å². The van der Waals surface area contributed by atoms with Crippen molar-refractivity contribution in [3.63, 3.8) is 0 Å². The van der Waals surface area contributed by atoms with E-state index in [-0.39, 0.29) is 0 Å². The first-order valence-electron chi connectivity index (χ1n) is 4.01. The van der Waals surface area contributed by atoms with Crippen molar-refractivity contribution in [2.45, 2.75) is 38.5 Å². The third-order valence-corrected chi connectivity index (χ3v) is 2.68. The summed E-state index contributed by atoms with van der Waals surface area (Å²) in [6.45, 7) is 0. The maximum atomic E-state index is 5.03. The monoisotopic (exact) mass is 143 g/mol. The maximum absolute atomic E-state index is 5.03. The summed E-state index contributed by atoms with van der Waals surface area (Å²) < 4.78 is 0. The predicted molar refractivity (Wildman–Crippen MR) is 43.7 cm³/mol. The van der Waals surface area contributed by atoms with Crippen LogP contribution in [0.5, 0.6) is 0 Å². The Bertz CT molecular complexity index is 63.0. The van der Waals surface area contributed by atoms with Gasteiger partial charge in [-0.3, -0.25) is 0 Å². The van der Waals surface area contributed by atoms with Crippen LogP contribution in [0, 0.1) is 5.92 Å². The van der Waals surface area contributed by atoms with Gasteiger partial charge in [0.2, 0.25) is 0 Å². The van der Waals surface area contributed by atoms with Crippen LogP contribution < -0.4 is 0 Å². The molecule has 53 valence electrons. The zero-order chi connectivity index (χ0) is 6.53. The SMILES string of the molecule is [S]CC1CCCCCC1. The molecule has 1 fully saturated rings. The minimum Gasteiger partial charge on any atom is -0.0939 e. The molecule has 0 N–H and O–H groups in total. The fraction of sp³-hybridized carbons (Fsp3) is 1.00. The average molecular weight is 143 g/mol. The maximum Gasteiger partial charge on any atom is 0.00653 e. The average Bonchev–Trinajstić information content (AvgIpc) is 2.13. The molecular weight excluding hydrogens is 128 g/mol. The molecule has 0 unspecified atom stereocenters. The third kappa shape index (κ3) is 2.61. The van der Waals surface area contributed by atoms with Gasteiger partial charge in [-0.15, -0.1) is 0 Å². The van der Waals surface area contributed by atoms with E-state index in [1.807, 2.05) is 0 Å². The molecule has 0 aromatic rings. The van der Waals surface area contributed by atoms with Crippen LogP contribution in [0.15, 0.2) is 0 Å². The van der Waals surface area contributed by atoms with Crippen LogP contribution in [0.25, 0.3) is 0 Å². The Hall–Kier alpha value is 0.350. The summed E-state index contributed by atoms with van der Waals surface area (Å²) in [5.74, 6) is 1.89. The Morgan fingerprint density at radius 2 is 1.56 bits per heavy atom. The van der Waals surface area contributed by atoms with Crippen molar-refractivity contribution in [2.24, 2.45) is 5.92 Å². The second-order valence-corrected chi connectivity index (χ2v) is 3.36. The molecule has 0 atom stereocenters. The standard InChI is InChI=1S/C8H15S/c9-7-8-5-3-1-2-4-6-8/h8H,1-7H2. The molecular formula is C8H15S.